The molecule has 4 heteroatoms. The van der Waals surface area contributed by atoms with Crippen molar-refractivity contribution in [2.45, 2.75) is 40.2 Å². The first-order valence-corrected chi connectivity index (χ1v) is 6.52. The van der Waals surface area contributed by atoms with Crippen molar-refractivity contribution in [1.82, 2.24) is 0 Å². The number of amides is 1. The Morgan fingerprint density at radius 1 is 1.33 bits per heavy atom. The van der Waals surface area contributed by atoms with Gasteiger partial charge in [0.05, 0.1) is 11.1 Å². The lowest BCUT2D eigenvalue weighted by atomic mass is 10.1. The van der Waals surface area contributed by atoms with Gasteiger partial charge in [0.25, 0.3) is 0 Å². The fourth-order valence-electron chi connectivity index (χ4n) is 1.51. The van der Waals surface area contributed by atoms with E-state index in [0.29, 0.717) is 28.8 Å². The first-order chi connectivity index (χ1) is 8.38. The summed E-state index contributed by atoms with van der Waals surface area (Å²) in [5.41, 5.74) is 0.696. The fraction of sp³-hybridized carbons (Fsp3) is 0.500. The molecule has 0 aliphatic carbocycles. The molecule has 1 aromatic carbocycles. The van der Waals surface area contributed by atoms with Crippen LogP contribution in [0, 0.1) is 5.92 Å². The highest BCUT2D eigenvalue weighted by molar-refractivity contribution is 6.32. The highest BCUT2D eigenvalue weighted by Gasteiger charge is 2.08. The molecule has 3 nitrogen and oxygen atoms in total. The van der Waals surface area contributed by atoms with Crippen LogP contribution in [0.15, 0.2) is 18.2 Å². The van der Waals surface area contributed by atoms with Crippen LogP contribution in [0.3, 0.4) is 0 Å². The topological polar surface area (TPSA) is 38.3 Å². The van der Waals surface area contributed by atoms with Crippen molar-refractivity contribution in [1.29, 1.82) is 0 Å². The molecule has 0 aromatic heterocycles. The predicted molar refractivity (Wildman–Crippen MR) is 75.3 cm³/mol. The largest absolute Gasteiger partial charge is 0.489 e. The molecule has 1 rings (SSSR count). The number of rotatable bonds is 5. The van der Waals surface area contributed by atoms with E-state index in [1.165, 1.54) is 0 Å². The Morgan fingerprint density at radius 2 is 2.00 bits per heavy atom. The van der Waals surface area contributed by atoms with Gasteiger partial charge in [-0.15, -0.1) is 0 Å². The summed E-state index contributed by atoms with van der Waals surface area (Å²) in [6, 6.07) is 5.27. The third kappa shape index (κ3) is 4.96. The lowest BCUT2D eigenvalue weighted by Gasteiger charge is -2.13. The van der Waals surface area contributed by atoms with Gasteiger partial charge < -0.3 is 10.1 Å². The van der Waals surface area contributed by atoms with Crippen molar-refractivity contribution in [3.8, 4) is 5.75 Å². The summed E-state index contributed by atoms with van der Waals surface area (Å²) in [7, 11) is 0. The van der Waals surface area contributed by atoms with Gasteiger partial charge in [0.1, 0.15) is 5.75 Å². The zero-order chi connectivity index (χ0) is 13.7. The van der Waals surface area contributed by atoms with E-state index in [0.717, 1.165) is 0 Å². The van der Waals surface area contributed by atoms with Gasteiger partial charge in [0.15, 0.2) is 0 Å². The smallest absolute Gasteiger partial charge is 0.224 e. The first-order valence-electron chi connectivity index (χ1n) is 6.14. The summed E-state index contributed by atoms with van der Waals surface area (Å²) in [6.45, 7) is 7.89. The molecule has 0 bridgehead atoms. The molecule has 0 fully saturated rings. The molecular weight excluding hydrogens is 250 g/mol. The van der Waals surface area contributed by atoms with E-state index in [-0.39, 0.29) is 12.0 Å². The summed E-state index contributed by atoms with van der Waals surface area (Å²) in [4.78, 5) is 11.6. The van der Waals surface area contributed by atoms with E-state index in [1.54, 1.807) is 18.2 Å². The number of hydrogen-bond acceptors (Lipinski definition) is 2. The third-order valence-corrected chi connectivity index (χ3v) is 2.47. The number of halogens is 1. The van der Waals surface area contributed by atoms with Crippen LogP contribution in [0.25, 0.3) is 0 Å². The minimum Gasteiger partial charge on any atom is -0.489 e. The van der Waals surface area contributed by atoms with Crippen LogP contribution >= 0.6 is 11.6 Å². The van der Waals surface area contributed by atoms with E-state index in [4.69, 9.17) is 16.3 Å². The molecule has 0 unspecified atom stereocenters. The highest BCUT2D eigenvalue weighted by Crippen LogP contribution is 2.28. The maximum Gasteiger partial charge on any atom is 0.224 e. The van der Waals surface area contributed by atoms with Gasteiger partial charge in [0.2, 0.25) is 5.91 Å². The number of ether oxygens (including phenoxy) is 1. The van der Waals surface area contributed by atoms with Gasteiger partial charge in [-0.3, -0.25) is 4.79 Å². The molecule has 0 saturated carbocycles. The molecule has 0 aliphatic heterocycles. The summed E-state index contributed by atoms with van der Waals surface area (Å²) in [6.07, 6.45) is 0.575. The molecule has 0 spiro atoms. The number of nitrogens with one attached hydrogen (secondary N) is 1. The van der Waals surface area contributed by atoms with Crippen LogP contribution in [0.4, 0.5) is 5.69 Å². The number of hydrogen-bond donors (Lipinski definition) is 1. The molecule has 0 aliphatic rings. The Labute approximate surface area is 113 Å². The molecule has 1 aromatic rings. The van der Waals surface area contributed by atoms with Gasteiger partial charge in [-0.2, -0.15) is 0 Å². The molecule has 0 atom stereocenters. The van der Waals surface area contributed by atoms with Crippen molar-refractivity contribution in [2.24, 2.45) is 5.92 Å². The minimum absolute atomic E-state index is 0.00130. The van der Waals surface area contributed by atoms with E-state index >= 15 is 0 Å². The summed E-state index contributed by atoms with van der Waals surface area (Å²) in [5, 5.41) is 3.32. The van der Waals surface area contributed by atoms with Crippen LogP contribution in [-0.2, 0) is 4.79 Å². The van der Waals surface area contributed by atoms with E-state index in [1.807, 2.05) is 27.7 Å². The Kier molecular flexibility index (Phi) is 5.48. The van der Waals surface area contributed by atoms with Crippen LogP contribution in [0.2, 0.25) is 5.02 Å². The molecule has 1 amide bonds. The number of anilines is 1. The lowest BCUT2D eigenvalue weighted by molar-refractivity contribution is -0.116. The molecule has 100 valence electrons. The molecule has 0 saturated heterocycles. The normalized spacial score (nSPS) is 10.8. The second-order valence-corrected chi connectivity index (χ2v) is 5.37. The van der Waals surface area contributed by atoms with Gasteiger partial charge in [0, 0.05) is 12.1 Å². The SMILES string of the molecule is CC(C)CC(=O)Nc1ccc(OC(C)C)c(Cl)c1. The van der Waals surface area contributed by atoms with Crippen molar-refractivity contribution < 1.29 is 9.53 Å². The average molecular weight is 270 g/mol. The van der Waals surface area contributed by atoms with Crippen molar-refractivity contribution in [3.63, 3.8) is 0 Å². The lowest BCUT2D eigenvalue weighted by Crippen LogP contribution is -2.14. The van der Waals surface area contributed by atoms with E-state index < -0.39 is 0 Å². The Morgan fingerprint density at radius 3 is 2.50 bits per heavy atom. The van der Waals surface area contributed by atoms with Crippen molar-refractivity contribution >= 4 is 23.2 Å². The minimum atomic E-state index is -0.00130. The Bertz CT molecular complexity index is 416. The zero-order valence-corrected chi connectivity index (χ0v) is 12.0. The summed E-state index contributed by atoms with van der Waals surface area (Å²) < 4.78 is 5.52. The van der Waals surface area contributed by atoms with Gasteiger partial charge >= 0.3 is 0 Å². The molecule has 0 heterocycles. The van der Waals surface area contributed by atoms with E-state index in [2.05, 4.69) is 5.32 Å². The van der Waals surface area contributed by atoms with Crippen LogP contribution in [-0.4, -0.2) is 12.0 Å². The standard InChI is InChI=1S/C14H20ClNO2/c1-9(2)7-14(17)16-11-5-6-13(12(15)8-11)18-10(3)4/h5-6,8-10H,7H2,1-4H3,(H,16,17). The average Bonchev–Trinajstić information content (AvgIpc) is 2.20. The second kappa shape index (κ2) is 6.64. The summed E-state index contributed by atoms with van der Waals surface area (Å²) >= 11 is 6.09. The molecule has 18 heavy (non-hydrogen) atoms. The van der Waals surface area contributed by atoms with Gasteiger partial charge in [-0.1, -0.05) is 25.4 Å². The number of carbonyl (C=O) groups excluding carboxylic acids is 1. The quantitative estimate of drug-likeness (QED) is 0.873. The molecule has 0 radical (unpaired) electrons. The number of carbonyl (C=O) groups is 1. The van der Waals surface area contributed by atoms with Crippen molar-refractivity contribution in [2.75, 3.05) is 5.32 Å². The Hall–Kier alpha value is -1.22. The monoisotopic (exact) mass is 269 g/mol. The second-order valence-electron chi connectivity index (χ2n) is 4.96. The van der Waals surface area contributed by atoms with E-state index in [9.17, 15) is 4.79 Å². The van der Waals surface area contributed by atoms with Crippen molar-refractivity contribution in [3.05, 3.63) is 23.2 Å². The zero-order valence-electron chi connectivity index (χ0n) is 11.3. The fourth-order valence-corrected chi connectivity index (χ4v) is 1.74. The summed E-state index contributed by atoms with van der Waals surface area (Å²) in [5.74, 6) is 0.969. The number of benzene rings is 1. The van der Waals surface area contributed by atoms with Gasteiger partial charge in [-0.25, -0.2) is 0 Å². The highest BCUT2D eigenvalue weighted by atomic mass is 35.5. The third-order valence-electron chi connectivity index (χ3n) is 2.17. The predicted octanol–water partition coefficient (Wildman–Crippen LogP) is 4.11. The van der Waals surface area contributed by atoms with Gasteiger partial charge in [-0.05, 0) is 38.0 Å². The Balaban J connectivity index is 2.69. The maximum atomic E-state index is 11.6. The maximum absolute atomic E-state index is 11.6. The van der Waals surface area contributed by atoms with Crippen LogP contribution < -0.4 is 10.1 Å². The van der Waals surface area contributed by atoms with Crippen LogP contribution in [0.1, 0.15) is 34.1 Å². The molecule has 1 N–H and O–H groups in total. The van der Waals surface area contributed by atoms with Crippen LogP contribution in [0.5, 0.6) is 5.75 Å². The first kappa shape index (κ1) is 14.8. The molecular formula is C14H20ClNO2.